The fraction of sp³-hybridized carbons (Fsp3) is 0.474. The van der Waals surface area contributed by atoms with Gasteiger partial charge in [0.15, 0.2) is 6.61 Å². The molecule has 0 fully saturated rings. The average Bonchev–Trinajstić information content (AvgIpc) is 3.09. The van der Waals surface area contributed by atoms with Crippen molar-refractivity contribution in [1.82, 2.24) is 15.6 Å². The largest absolute Gasteiger partial charge is 0.484 e. The van der Waals surface area contributed by atoms with Crippen LogP contribution in [0.4, 0.5) is 0 Å². The van der Waals surface area contributed by atoms with Crippen LogP contribution >= 0.6 is 11.3 Å². The highest BCUT2D eigenvalue weighted by Gasteiger charge is 2.14. The first-order valence-electron chi connectivity index (χ1n) is 8.62. The van der Waals surface area contributed by atoms with Gasteiger partial charge in [-0.05, 0) is 30.5 Å². The normalized spacial score (nSPS) is 13.2. The Balaban J connectivity index is 1.79. The molecule has 7 heteroatoms. The van der Waals surface area contributed by atoms with Gasteiger partial charge in [-0.3, -0.25) is 4.79 Å². The number of nitrogens with zero attached hydrogens (tertiary/aromatic N) is 1. The molecule has 2 atom stereocenters. The van der Waals surface area contributed by atoms with Crippen molar-refractivity contribution in [3.05, 3.63) is 45.9 Å². The molecular formula is C19H27N3O3S. The molecule has 26 heavy (non-hydrogen) atoms. The molecule has 0 aliphatic rings. The lowest BCUT2D eigenvalue weighted by Gasteiger charge is -2.17. The number of rotatable bonds is 10. The Bertz CT molecular complexity index is 688. The van der Waals surface area contributed by atoms with Gasteiger partial charge in [-0.15, -0.1) is 11.3 Å². The average molecular weight is 378 g/mol. The number of aryl methyl sites for hydroxylation is 1. The number of methoxy groups -OCH3 is 1. The molecule has 0 radical (unpaired) electrons. The van der Waals surface area contributed by atoms with Crippen LogP contribution in [0.2, 0.25) is 0 Å². The Kier molecular flexibility index (Phi) is 8.03. The minimum absolute atomic E-state index is 0.0292. The van der Waals surface area contributed by atoms with Gasteiger partial charge >= 0.3 is 0 Å². The van der Waals surface area contributed by atoms with E-state index >= 15 is 0 Å². The summed E-state index contributed by atoms with van der Waals surface area (Å²) in [7, 11) is 3.30. The number of carbonyl (C=O) groups excluding carboxylic acids is 1. The molecule has 0 bridgehead atoms. The van der Waals surface area contributed by atoms with Gasteiger partial charge in [-0.2, -0.15) is 0 Å². The predicted octanol–water partition coefficient (Wildman–Crippen LogP) is 2.66. The van der Waals surface area contributed by atoms with Crippen LogP contribution in [0.25, 0.3) is 0 Å². The summed E-state index contributed by atoms with van der Waals surface area (Å²) < 4.78 is 11.0. The number of aromatic nitrogens is 1. The lowest BCUT2D eigenvalue weighted by molar-refractivity contribution is -0.122. The maximum atomic E-state index is 11.2. The molecule has 1 amide bonds. The Morgan fingerprint density at radius 3 is 2.58 bits per heavy atom. The number of carbonyl (C=O) groups is 1. The van der Waals surface area contributed by atoms with E-state index in [9.17, 15) is 4.79 Å². The Hall–Kier alpha value is -1.96. The van der Waals surface area contributed by atoms with E-state index in [0.717, 1.165) is 23.8 Å². The summed E-state index contributed by atoms with van der Waals surface area (Å²) in [6, 6.07) is 7.85. The first-order chi connectivity index (χ1) is 12.5. The molecule has 2 unspecified atom stereocenters. The van der Waals surface area contributed by atoms with Crippen LogP contribution in [0.1, 0.15) is 35.2 Å². The maximum absolute atomic E-state index is 11.2. The summed E-state index contributed by atoms with van der Waals surface area (Å²) in [4.78, 5) is 15.7. The van der Waals surface area contributed by atoms with Gasteiger partial charge in [0, 0.05) is 32.6 Å². The quantitative estimate of drug-likeness (QED) is 0.666. The second-order valence-electron chi connectivity index (χ2n) is 6.11. The van der Waals surface area contributed by atoms with Gasteiger partial charge < -0.3 is 20.1 Å². The SMILES string of the molecule is CNC(=O)COc1ccc(C(C)CNCC(OC)c2csc(C)n2)cc1. The molecule has 142 valence electrons. The van der Waals surface area contributed by atoms with E-state index < -0.39 is 0 Å². The van der Waals surface area contributed by atoms with Crippen molar-refractivity contribution in [2.75, 3.05) is 33.9 Å². The molecule has 2 N–H and O–H groups in total. The summed E-state index contributed by atoms with van der Waals surface area (Å²) >= 11 is 1.64. The lowest BCUT2D eigenvalue weighted by Crippen LogP contribution is -2.26. The monoisotopic (exact) mass is 377 g/mol. The Morgan fingerprint density at radius 1 is 1.27 bits per heavy atom. The van der Waals surface area contributed by atoms with Crippen LogP contribution in [0, 0.1) is 6.92 Å². The van der Waals surface area contributed by atoms with Crippen molar-refractivity contribution < 1.29 is 14.3 Å². The highest BCUT2D eigenvalue weighted by atomic mass is 32.1. The minimum atomic E-state index is -0.144. The molecule has 1 aromatic carbocycles. The van der Waals surface area contributed by atoms with E-state index in [1.165, 1.54) is 5.56 Å². The van der Waals surface area contributed by atoms with Gasteiger partial charge in [0.05, 0.1) is 10.7 Å². The summed E-state index contributed by atoms with van der Waals surface area (Å²) in [6.45, 7) is 5.75. The highest BCUT2D eigenvalue weighted by molar-refractivity contribution is 7.09. The third-order valence-electron chi connectivity index (χ3n) is 4.13. The summed E-state index contributed by atoms with van der Waals surface area (Å²) in [5.41, 5.74) is 2.19. The molecule has 2 aromatic rings. The number of hydrogen-bond acceptors (Lipinski definition) is 6. The van der Waals surface area contributed by atoms with Gasteiger partial charge in [-0.1, -0.05) is 19.1 Å². The summed E-state index contributed by atoms with van der Waals surface area (Å²) in [6.07, 6.45) is -0.0346. The predicted molar refractivity (Wildman–Crippen MR) is 104 cm³/mol. The molecule has 6 nitrogen and oxygen atoms in total. The van der Waals surface area contributed by atoms with Crippen molar-refractivity contribution >= 4 is 17.2 Å². The van der Waals surface area contributed by atoms with Crippen molar-refractivity contribution in [3.8, 4) is 5.75 Å². The smallest absolute Gasteiger partial charge is 0.257 e. The summed E-state index contributed by atoms with van der Waals surface area (Å²) in [5.74, 6) is 0.892. The van der Waals surface area contributed by atoms with E-state index in [1.54, 1.807) is 25.5 Å². The third-order valence-corrected chi connectivity index (χ3v) is 4.92. The van der Waals surface area contributed by atoms with Crippen LogP contribution in [-0.4, -0.2) is 44.7 Å². The van der Waals surface area contributed by atoms with Crippen molar-refractivity contribution in [2.45, 2.75) is 25.9 Å². The molecule has 1 aromatic heterocycles. The molecule has 0 saturated heterocycles. The Labute approximate surface area is 158 Å². The lowest BCUT2D eigenvalue weighted by atomic mass is 10.0. The second kappa shape index (κ2) is 10.3. The Morgan fingerprint density at radius 2 is 2.00 bits per heavy atom. The zero-order valence-electron chi connectivity index (χ0n) is 15.7. The number of likely N-dealkylation sites (N-methyl/N-ethyl adjacent to an activating group) is 1. The fourth-order valence-electron chi connectivity index (χ4n) is 2.50. The van der Waals surface area contributed by atoms with Crippen LogP contribution < -0.4 is 15.4 Å². The van der Waals surface area contributed by atoms with Crippen LogP contribution in [0.5, 0.6) is 5.75 Å². The summed E-state index contributed by atoms with van der Waals surface area (Å²) in [5, 5.41) is 9.09. The van der Waals surface area contributed by atoms with Gasteiger partial charge in [-0.25, -0.2) is 4.98 Å². The molecule has 0 spiro atoms. The maximum Gasteiger partial charge on any atom is 0.257 e. The van der Waals surface area contributed by atoms with E-state index in [2.05, 4.69) is 22.5 Å². The van der Waals surface area contributed by atoms with Crippen molar-refractivity contribution in [1.29, 1.82) is 0 Å². The second-order valence-corrected chi connectivity index (χ2v) is 7.17. The fourth-order valence-corrected chi connectivity index (χ4v) is 3.15. The molecule has 0 aliphatic heterocycles. The van der Waals surface area contributed by atoms with Crippen LogP contribution in [0.15, 0.2) is 29.6 Å². The van der Waals surface area contributed by atoms with E-state index in [1.807, 2.05) is 36.6 Å². The third kappa shape index (κ3) is 6.09. The van der Waals surface area contributed by atoms with E-state index in [-0.39, 0.29) is 18.6 Å². The zero-order chi connectivity index (χ0) is 18.9. The number of benzene rings is 1. The molecular weight excluding hydrogens is 350 g/mol. The number of hydrogen-bond donors (Lipinski definition) is 2. The van der Waals surface area contributed by atoms with Gasteiger partial charge in [0.25, 0.3) is 5.91 Å². The first kappa shape index (κ1) is 20.4. The van der Waals surface area contributed by atoms with Gasteiger partial charge in [0.2, 0.25) is 0 Å². The van der Waals surface area contributed by atoms with Crippen molar-refractivity contribution in [2.24, 2.45) is 0 Å². The standard InChI is InChI=1S/C19H27N3O3S/c1-13(9-21-10-18(24-4)17-12-26-14(2)22-17)15-5-7-16(8-6-15)25-11-19(23)20-3/h5-8,12-13,18,21H,9-11H2,1-4H3,(H,20,23). The van der Waals surface area contributed by atoms with Gasteiger partial charge in [0.1, 0.15) is 11.9 Å². The van der Waals surface area contributed by atoms with Crippen LogP contribution in [0.3, 0.4) is 0 Å². The number of ether oxygens (including phenoxy) is 2. The highest BCUT2D eigenvalue weighted by Crippen LogP contribution is 2.20. The topological polar surface area (TPSA) is 72.5 Å². The molecule has 0 saturated carbocycles. The molecule has 1 heterocycles. The molecule has 2 rings (SSSR count). The van der Waals surface area contributed by atoms with Crippen molar-refractivity contribution in [3.63, 3.8) is 0 Å². The number of amides is 1. The number of nitrogens with one attached hydrogen (secondary N) is 2. The molecule has 0 aliphatic carbocycles. The number of thiazole rings is 1. The minimum Gasteiger partial charge on any atom is -0.484 e. The van der Waals surface area contributed by atoms with E-state index in [0.29, 0.717) is 11.7 Å². The van der Waals surface area contributed by atoms with Crippen LogP contribution in [-0.2, 0) is 9.53 Å². The zero-order valence-corrected chi connectivity index (χ0v) is 16.6. The van der Waals surface area contributed by atoms with E-state index in [4.69, 9.17) is 9.47 Å². The first-order valence-corrected chi connectivity index (χ1v) is 9.50.